The molecule has 0 saturated carbocycles. The summed E-state index contributed by atoms with van der Waals surface area (Å²) in [4.78, 5) is 17.4. The number of nitrogens with one attached hydrogen (secondary N) is 1. The van der Waals surface area contributed by atoms with Crippen LogP contribution in [0.25, 0.3) is 44.5 Å². The maximum atomic E-state index is 10.9. The fourth-order valence-corrected chi connectivity index (χ4v) is 5.52. The monoisotopic (exact) mass is 560 g/mol. The van der Waals surface area contributed by atoms with E-state index in [1.165, 1.54) is 5.56 Å². The molecule has 0 atom stereocenters. The van der Waals surface area contributed by atoms with Crippen LogP contribution in [-0.4, -0.2) is 68.2 Å². The largest absolute Gasteiger partial charge is 0.494 e. The molecule has 4 heterocycles. The molecule has 0 aliphatic carbocycles. The molecule has 1 saturated heterocycles. The van der Waals surface area contributed by atoms with Gasteiger partial charge in [-0.1, -0.05) is 59.8 Å². The molecular weight excluding hydrogens is 528 g/mol. The van der Waals surface area contributed by atoms with Gasteiger partial charge in [-0.2, -0.15) is 4.98 Å². The number of H-pyrrole nitrogens is 1. The van der Waals surface area contributed by atoms with Crippen LogP contribution in [0, 0.1) is 0 Å². The van der Waals surface area contributed by atoms with Crippen molar-refractivity contribution in [1.82, 2.24) is 29.9 Å². The zero-order valence-corrected chi connectivity index (χ0v) is 23.5. The summed E-state index contributed by atoms with van der Waals surface area (Å²) in [6.07, 6.45) is 0. The molecule has 0 radical (unpaired) electrons. The molecule has 0 unspecified atom stereocenters. The number of benzene rings is 3. The Balaban J connectivity index is 1.08. The van der Waals surface area contributed by atoms with Gasteiger partial charge in [0.15, 0.2) is 5.88 Å². The van der Waals surface area contributed by atoms with Crippen molar-refractivity contribution in [2.24, 2.45) is 0 Å². The van der Waals surface area contributed by atoms with E-state index in [2.05, 4.69) is 56.2 Å². The van der Waals surface area contributed by atoms with Crippen molar-refractivity contribution in [3.63, 3.8) is 0 Å². The SMILES string of the molecule is CN1CCN(Cc2ccc3nc(-c4c(O)[nH]c5cc(-c6noc(COCc7ccccc7)n6)ccc45)ccc3c2)CC1. The van der Waals surface area contributed by atoms with Crippen LogP contribution in [0.15, 0.2) is 83.4 Å². The topological polar surface area (TPSA) is 104 Å². The third-order valence-corrected chi connectivity index (χ3v) is 7.85. The Kier molecular flexibility index (Phi) is 7.13. The lowest BCUT2D eigenvalue weighted by Gasteiger charge is -2.32. The van der Waals surface area contributed by atoms with Gasteiger partial charge in [0.05, 0.1) is 23.4 Å². The van der Waals surface area contributed by atoms with Gasteiger partial charge in [0.1, 0.15) is 6.61 Å². The Morgan fingerprint density at radius 1 is 0.881 bits per heavy atom. The zero-order chi connectivity index (χ0) is 28.5. The van der Waals surface area contributed by atoms with E-state index in [9.17, 15) is 5.11 Å². The highest BCUT2D eigenvalue weighted by molar-refractivity contribution is 6.00. The minimum Gasteiger partial charge on any atom is -0.494 e. The number of aromatic amines is 1. The second-order valence-corrected chi connectivity index (χ2v) is 10.9. The standard InChI is InChI=1S/C33H32N6O3/c1-38-13-15-39(16-14-38)19-23-7-11-27-24(17-23)9-12-28(34-27)31-26-10-8-25(18-29(26)35-33(31)40)32-36-30(42-37-32)21-41-20-22-5-3-2-4-6-22/h2-12,17-18,35,40H,13-16,19-21H2,1H3. The summed E-state index contributed by atoms with van der Waals surface area (Å²) in [5.41, 5.74) is 6.18. The average molecular weight is 561 g/mol. The van der Waals surface area contributed by atoms with Crippen LogP contribution in [0.3, 0.4) is 0 Å². The highest BCUT2D eigenvalue weighted by Gasteiger charge is 2.18. The summed E-state index contributed by atoms with van der Waals surface area (Å²) in [6.45, 7) is 6.02. The van der Waals surface area contributed by atoms with Gasteiger partial charge in [-0.15, -0.1) is 0 Å². The number of aromatic hydroxyl groups is 1. The summed E-state index contributed by atoms with van der Waals surface area (Å²) in [7, 11) is 2.18. The number of rotatable bonds is 8. The number of pyridine rings is 1. The molecule has 0 bridgehead atoms. The highest BCUT2D eigenvalue weighted by atomic mass is 16.5. The second kappa shape index (κ2) is 11.4. The van der Waals surface area contributed by atoms with E-state index in [0.717, 1.165) is 65.7 Å². The molecule has 3 aromatic carbocycles. The molecule has 1 aliphatic rings. The number of piperazine rings is 1. The Morgan fingerprint density at radius 2 is 1.74 bits per heavy atom. The highest BCUT2D eigenvalue weighted by Crippen LogP contribution is 2.37. The Bertz CT molecular complexity index is 1840. The van der Waals surface area contributed by atoms with Crippen molar-refractivity contribution in [2.75, 3.05) is 33.2 Å². The summed E-state index contributed by atoms with van der Waals surface area (Å²) >= 11 is 0. The van der Waals surface area contributed by atoms with Gasteiger partial charge in [-0.3, -0.25) is 4.90 Å². The van der Waals surface area contributed by atoms with E-state index in [4.69, 9.17) is 14.2 Å². The first-order chi connectivity index (χ1) is 20.6. The molecular formula is C33H32N6O3. The lowest BCUT2D eigenvalue weighted by atomic mass is 10.0. The van der Waals surface area contributed by atoms with E-state index in [0.29, 0.717) is 29.6 Å². The van der Waals surface area contributed by atoms with Crippen LogP contribution in [0.4, 0.5) is 0 Å². The predicted octanol–water partition coefficient (Wildman–Crippen LogP) is 5.60. The molecule has 0 spiro atoms. The number of aromatic nitrogens is 4. The number of hydrogen-bond acceptors (Lipinski definition) is 8. The third kappa shape index (κ3) is 5.49. The van der Waals surface area contributed by atoms with Crippen LogP contribution < -0.4 is 0 Å². The summed E-state index contributed by atoms with van der Waals surface area (Å²) < 4.78 is 11.1. The van der Waals surface area contributed by atoms with E-state index in [1.807, 2.05) is 54.6 Å². The van der Waals surface area contributed by atoms with Crippen molar-refractivity contribution >= 4 is 21.8 Å². The molecule has 9 nitrogen and oxygen atoms in total. The van der Waals surface area contributed by atoms with E-state index in [-0.39, 0.29) is 12.5 Å². The van der Waals surface area contributed by atoms with Crippen LogP contribution in [0.1, 0.15) is 17.0 Å². The first-order valence-corrected chi connectivity index (χ1v) is 14.2. The Labute approximate surface area is 243 Å². The van der Waals surface area contributed by atoms with Gasteiger partial charge in [-0.25, -0.2) is 4.98 Å². The van der Waals surface area contributed by atoms with Gasteiger partial charge in [0.25, 0.3) is 5.89 Å². The van der Waals surface area contributed by atoms with Gasteiger partial charge in [0, 0.05) is 54.6 Å². The van der Waals surface area contributed by atoms with Gasteiger partial charge in [0.2, 0.25) is 5.82 Å². The van der Waals surface area contributed by atoms with Crippen molar-refractivity contribution < 1.29 is 14.4 Å². The molecule has 42 heavy (non-hydrogen) atoms. The van der Waals surface area contributed by atoms with Crippen LogP contribution in [0.5, 0.6) is 5.88 Å². The molecule has 9 heteroatoms. The van der Waals surface area contributed by atoms with Gasteiger partial charge in [-0.05, 0) is 42.4 Å². The lowest BCUT2D eigenvalue weighted by molar-refractivity contribution is 0.0850. The fraction of sp³-hybridized carbons (Fsp3) is 0.242. The quantitative estimate of drug-likeness (QED) is 0.248. The first kappa shape index (κ1) is 26.3. The summed E-state index contributed by atoms with van der Waals surface area (Å²) in [6, 6.07) is 26.2. The van der Waals surface area contributed by atoms with Crippen molar-refractivity contribution in [3.05, 3.63) is 95.9 Å². The summed E-state index contributed by atoms with van der Waals surface area (Å²) in [5, 5.41) is 17.0. The van der Waals surface area contributed by atoms with Crippen LogP contribution in [0.2, 0.25) is 0 Å². The number of likely N-dealkylation sites (N-methyl/N-ethyl adjacent to an activating group) is 1. The van der Waals surface area contributed by atoms with Crippen molar-refractivity contribution in [2.45, 2.75) is 19.8 Å². The molecule has 212 valence electrons. The first-order valence-electron chi connectivity index (χ1n) is 14.2. The fourth-order valence-electron chi connectivity index (χ4n) is 5.52. The number of ether oxygens (including phenoxy) is 1. The molecule has 3 aromatic heterocycles. The zero-order valence-electron chi connectivity index (χ0n) is 23.5. The number of nitrogens with zero attached hydrogens (tertiary/aromatic N) is 5. The minimum absolute atomic E-state index is 0.0730. The number of fused-ring (bicyclic) bond motifs is 2. The molecule has 0 amide bonds. The van der Waals surface area contributed by atoms with Gasteiger partial charge >= 0.3 is 0 Å². The molecule has 6 aromatic rings. The normalized spacial score (nSPS) is 14.7. The lowest BCUT2D eigenvalue weighted by Crippen LogP contribution is -2.43. The minimum atomic E-state index is 0.0730. The van der Waals surface area contributed by atoms with Crippen molar-refractivity contribution in [3.8, 4) is 28.5 Å². The van der Waals surface area contributed by atoms with E-state index >= 15 is 0 Å². The maximum absolute atomic E-state index is 10.9. The summed E-state index contributed by atoms with van der Waals surface area (Å²) in [5.74, 6) is 0.939. The smallest absolute Gasteiger partial charge is 0.252 e. The van der Waals surface area contributed by atoms with E-state index < -0.39 is 0 Å². The molecule has 1 aliphatic heterocycles. The Morgan fingerprint density at radius 3 is 2.60 bits per heavy atom. The number of hydrogen-bond donors (Lipinski definition) is 2. The van der Waals surface area contributed by atoms with Gasteiger partial charge < -0.3 is 24.3 Å². The predicted molar refractivity (Wildman–Crippen MR) is 162 cm³/mol. The second-order valence-electron chi connectivity index (χ2n) is 10.9. The third-order valence-electron chi connectivity index (χ3n) is 7.85. The molecule has 7 rings (SSSR count). The maximum Gasteiger partial charge on any atom is 0.252 e. The van der Waals surface area contributed by atoms with Crippen LogP contribution >= 0.6 is 0 Å². The average Bonchev–Trinajstić information content (AvgIpc) is 3.62. The van der Waals surface area contributed by atoms with E-state index in [1.54, 1.807) is 0 Å². The van der Waals surface area contributed by atoms with Crippen LogP contribution in [-0.2, 0) is 24.5 Å². The molecule has 2 N–H and O–H groups in total. The van der Waals surface area contributed by atoms with Crippen molar-refractivity contribution in [1.29, 1.82) is 0 Å². The molecule has 1 fully saturated rings. The Hall–Kier alpha value is -4.57.